The molecule has 0 atom stereocenters. The van der Waals surface area contributed by atoms with Crippen LogP contribution in [0.2, 0.25) is 0 Å². The maximum atomic E-state index is 13.5. The van der Waals surface area contributed by atoms with Gasteiger partial charge < -0.3 is 14.6 Å². The summed E-state index contributed by atoms with van der Waals surface area (Å²) in [6.07, 6.45) is 3.37. The van der Waals surface area contributed by atoms with Gasteiger partial charge in [0.25, 0.3) is 5.91 Å². The zero-order valence-electron chi connectivity index (χ0n) is 21.5. The number of nitrogens with one attached hydrogen (secondary N) is 1. The van der Waals surface area contributed by atoms with Gasteiger partial charge in [-0.1, -0.05) is 72.8 Å². The number of nitrogens with zero attached hydrogens (tertiary/aromatic N) is 4. The summed E-state index contributed by atoms with van der Waals surface area (Å²) in [5.41, 5.74) is 4.22. The first-order valence-corrected chi connectivity index (χ1v) is 12.6. The van der Waals surface area contributed by atoms with Crippen molar-refractivity contribution < 1.29 is 9.21 Å². The smallest absolute Gasteiger partial charge is 0.274 e. The van der Waals surface area contributed by atoms with Crippen molar-refractivity contribution in [3.05, 3.63) is 109 Å². The minimum atomic E-state index is -0.319. The second kappa shape index (κ2) is 11.6. The number of hydrogen-bond acceptors (Lipinski definition) is 6. The molecule has 38 heavy (non-hydrogen) atoms. The maximum Gasteiger partial charge on any atom is 0.274 e. The van der Waals surface area contributed by atoms with Crippen LogP contribution in [0.25, 0.3) is 34.2 Å². The molecule has 0 bridgehead atoms. The van der Waals surface area contributed by atoms with Gasteiger partial charge in [-0.3, -0.25) is 4.79 Å². The third kappa shape index (κ3) is 6.02. The summed E-state index contributed by atoms with van der Waals surface area (Å²) in [7, 11) is 4.09. The van der Waals surface area contributed by atoms with E-state index < -0.39 is 0 Å². The Bertz CT molecular complexity index is 1510. The number of amides is 1. The van der Waals surface area contributed by atoms with Crippen LogP contribution < -0.4 is 5.32 Å². The lowest BCUT2D eigenvalue weighted by Gasteiger charge is -2.12. The minimum absolute atomic E-state index is 0.311. The van der Waals surface area contributed by atoms with Crippen molar-refractivity contribution in [2.45, 2.75) is 12.8 Å². The first-order chi connectivity index (χ1) is 18.6. The molecule has 0 aliphatic heterocycles. The molecule has 0 fully saturated rings. The number of rotatable bonds is 9. The van der Waals surface area contributed by atoms with Gasteiger partial charge in [-0.2, -0.15) is 0 Å². The fourth-order valence-electron chi connectivity index (χ4n) is 4.13. The molecule has 0 aliphatic rings. The molecule has 3 aromatic carbocycles. The fourth-order valence-corrected chi connectivity index (χ4v) is 4.13. The van der Waals surface area contributed by atoms with Gasteiger partial charge in [0, 0.05) is 16.8 Å². The summed E-state index contributed by atoms with van der Waals surface area (Å²) in [6, 6.07) is 28.7. The molecular weight excluding hydrogens is 474 g/mol. The molecule has 0 saturated carbocycles. The Balaban J connectivity index is 1.43. The van der Waals surface area contributed by atoms with Crippen molar-refractivity contribution in [2.24, 2.45) is 0 Å². The molecule has 7 nitrogen and oxygen atoms in total. The van der Waals surface area contributed by atoms with Crippen LogP contribution in [0.15, 0.2) is 102 Å². The zero-order chi connectivity index (χ0) is 26.3. The molecule has 0 unspecified atom stereocenters. The van der Waals surface area contributed by atoms with Crippen LogP contribution in [0.3, 0.4) is 0 Å². The second-order valence-corrected chi connectivity index (χ2v) is 9.24. The van der Waals surface area contributed by atoms with Crippen LogP contribution in [-0.4, -0.2) is 46.4 Å². The van der Waals surface area contributed by atoms with Gasteiger partial charge in [-0.05, 0) is 51.7 Å². The summed E-state index contributed by atoms with van der Waals surface area (Å²) in [6.45, 7) is 0.931. The van der Waals surface area contributed by atoms with E-state index in [9.17, 15) is 4.79 Å². The average Bonchev–Trinajstić information content (AvgIpc) is 3.44. The van der Waals surface area contributed by atoms with Crippen molar-refractivity contribution >= 4 is 11.6 Å². The third-order valence-corrected chi connectivity index (χ3v) is 6.05. The van der Waals surface area contributed by atoms with Crippen molar-refractivity contribution in [3.8, 4) is 34.2 Å². The van der Waals surface area contributed by atoms with Gasteiger partial charge in [0.05, 0.1) is 17.4 Å². The minimum Gasteiger partial charge on any atom is -0.436 e. The number of para-hydroxylation sites is 1. The molecule has 7 heteroatoms. The largest absolute Gasteiger partial charge is 0.436 e. The fraction of sp³-hybridized carbons (Fsp3) is 0.161. The number of hydrogen-bond donors (Lipinski definition) is 1. The van der Waals surface area contributed by atoms with Crippen molar-refractivity contribution in [1.82, 2.24) is 19.9 Å². The normalized spacial score (nSPS) is 11.0. The Hall–Kier alpha value is -4.62. The molecule has 0 aliphatic carbocycles. The molecule has 5 rings (SSSR count). The molecule has 0 spiro atoms. The monoisotopic (exact) mass is 503 g/mol. The zero-order valence-corrected chi connectivity index (χ0v) is 21.5. The molecule has 190 valence electrons. The topological polar surface area (TPSA) is 84.2 Å². The molecule has 2 heterocycles. The molecule has 1 amide bonds. The lowest BCUT2D eigenvalue weighted by molar-refractivity contribution is 0.102. The van der Waals surface area contributed by atoms with Gasteiger partial charge in [0.1, 0.15) is 5.69 Å². The highest BCUT2D eigenvalue weighted by molar-refractivity contribution is 6.05. The van der Waals surface area contributed by atoms with Crippen LogP contribution in [0.1, 0.15) is 22.6 Å². The molecule has 0 radical (unpaired) electrons. The van der Waals surface area contributed by atoms with Gasteiger partial charge in [0.2, 0.25) is 5.89 Å². The Morgan fingerprint density at radius 3 is 2.29 bits per heavy atom. The SMILES string of the molecule is CN(C)CCCc1cc(C(=O)Nc2ccccc2-c2ncc(-c3ccccc3)o2)nc(-c2ccccc2)n1. The molecule has 2 aromatic heterocycles. The highest BCUT2D eigenvalue weighted by Crippen LogP contribution is 2.31. The van der Waals surface area contributed by atoms with E-state index in [0.29, 0.717) is 34.4 Å². The van der Waals surface area contributed by atoms with Crippen LogP contribution in [-0.2, 0) is 6.42 Å². The molecule has 0 saturated heterocycles. The lowest BCUT2D eigenvalue weighted by Crippen LogP contribution is -2.17. The van der Waals surface area contributed by atoms with Crippen LogP contribution in [0.4, 0.5) is 5.69 Å². The van der Waals surface area contributed by atoms with Crippen LogP contribution in [0.5, 0.6) is 0 Å². The Morgan fingerprint density at radius 1 is 0.868 bits per heavy atom. The average molecular weight is 504 g/mol. The summed E-state index contributed by atoms with van der Waals surface area (Å²) in [5, 5.41) is 3.02. The van der Waals surface area contributed by atoms with E-state index in [-0.39, 0.29) is 5.91 Å². The summed E-state index contributed by atoms with van der Waals surface area (Å²) in [4.78, 5) is 29.5. The highest BCUT2D eigenvalue weighted by atomic mass is 16.4. The van der Waals surface area contributed by atoms with Crippen molar-refractivity contribution in [2.75, 3.05) is 26.0 Å². The summed E-state index contributed by atoms with van der Waals surface area (Å²) >= 11 is 0. The predicted molar refractivity (Wildman–Crippen MR) is 150 cm³/mol. The summed E-state index contributed by atoms with van der Waals surface area (Å²) in [5.74, 6) is 1.30. The number of aryl methyl sites for hydroxylation is 1. The standard InChI is InChI=1S/C31H29N5O2/c1-36(2)19-11-16-24-20-27(34-29(33-24)23-14-7-4-8-15-23)30(37)35-26-18-10-9-17-25(26)31-32-21-28(38-31)22-12-5-3-6-13-22/h3-10,12-15,17-18,20-21H,11,16,19H2,1-2H3,(H,35,37). The summed E-state index contributed by atoms with van der Waals surface area (Å²) < 4.78 is 6.05. The molecule has 1 N–H and O–H groups in total. The van der Waals surface area contributed by atoms with Crippen LogP contribution in [0, 0.1) is 0 Å². The van der Waals surface area contributed by atoms with E-state index in [0.717, 1.165) is 36.2 Å². The van der Waals surface area contributed by atoms with Gasteiger partial charge >= 0.3 is 0 Å². The molecule has 5 aromatic rings. The maximum absolute atomic E-state index is 13.5. The van der Waals surface area contributed by atoms with Crippen LogP contribution >= 0.6 is 0 Å². The van der Waals surface area contributed by atoms with E-state index in [1.54, 1.807) is 12.3 Å². The van der Waals surface area contributed by atoms with Gasteiger partial charge in [-0.15, -0.1) is 0 Å². The third-order valence-electron chi connectivity index (χ3n) is 6.05. The first kappa shape index (κ1) is 25.0. The Morgan fingerprint density at radius 2 is 1.55 bits per heavy atom. The predicted octanol–water partition coefficient (Wildman–Crippen LogP) is 6.21. The number of aromatic nitrogens is 3. The van der Waals surface area contributed by atoms with E-state index in [1.807, 2.05) is 99.0 Å². The number of benzene rings is 3. The van der Waals surface area contributed by atoms with Crippen molar-refractivity contribution in [3.63, 3.8) is 0 Å². The van der Waals surface area contributed by atoms with E-state index in [2.05, 4.69) is 20.2 Å². The van der Waals surface area contributed by atoms with E-state index in [1.165, 1.54) is 0 Å². The Labute approximate surface area is 222 Å². The quantitative estimate of drug-likeness (QED) is 0.257. The highest BCUT2D eigenvalue weighted by Gasteiger charge is 2.17. The second-order valence-electron chi connectivity index (χ2n) is 9.24. The number of oxazole rings is 1. The number of anilines is 1. The Kier molecular flexibility index (Phi) is 7.66. The number of carbonyl (C=O) groups excluding carboxylic acids is 1. The van der Waals surface area contributed by atoms with E-state index in [4.69, 9.17) is 9.40 Å². The van der Waals surface area contributed by atoms with Gasteiger partial charge in [0.15, 0.2) is 11.6 Å². The molecular formula is C31H29N5O2. The van der Waals surface area contributed by atoms with Crippen molar-refractivity contribution in [1.29, 1.82) is 0 Å². The van der Waals surface area contributed by atoms with Gasteiger partial charge in [-0.25, -0.2) is 15.0 Å². The lowest BCUT2D eigenvalue weighted by atomic mass is 10.1. The first-order valence-electron chi connectivity index (χ1n) is 12.6. The van der Waals surface area contributed by atoms with E-state index >= 15 is 0 Å². The number of carbonyl (C=O) groups is 1.